The fourth-order valence-corrected chi connectivity index (χ4v) is 6.50. The SMILES string of the molecule is C=C[C@]12CC(=O)C[C@@H](O)[C@H]1[C@@H]1[C@H]3CC(=O)[C@@]1([C@H](OC(=O)C(C)(C)C)O3)[C@@H](OC(=O)C(C)(C)C)C2. The molecule has 4 rings (SSSR count). The molecule has 0 aromatic heterocycles. The number of aliphatic hydroxyl groups is 1. The fraction of sp³-hybridized carbons (Fsp3) is 0.769. The lowest BCUT2D eigenvalue weighted by molar-refractivity contribution is -0.235. The van der Waals surface area contributed by atoms with Crippen LogP contribution >= 0.6 is 0 Å². The Kier molecular flexibility index (Phi) is 5.69. The van der Waals surface area contributed by atoms with Gasteiger partial charge >= 0.3 is 11.9 Å². The third-order valence-electron chi connectivity index (χ3n) is 8.13. The van der Waals surface area contributed by atoms with Gasteiger partial charge in [0.15, 0.2) is 5.78 Å². The zero-order valence-corrected chi connectivity index (χ0v) is 20.9. The van der Waals surface area contributed by atoms with Crippen LogP contribution in [0.4, 0.5) is 0 Å². The van der Waals surface area contributed by atoms with Crippen molar-refractivity contribution >= 4 is 23.5 Å². The Morgan fingerprint density at radius 1 is 1.03 bits per heavy atom. The van der Waals surface area contributed by atoms with Gasteiger partial charge in [-0.3, -0.25) is 19.2 Å². The van der Waals surface area contributed by atoms with E-state index in [9.17, 15) is 24.3 Å². The summed E-state index contributed by atoms with van der Waals surface area (Å²) in [4.78, 5) is 52.1. The number of hydrogen-bond acceptors (Lipinski definition) is 8. The Balaban J connectivity index is 1.85. The molecule has 3 aliphatic carbocycles. The largest absolute Gasteiger partial charge is 0.461 e. The smallest absolute Gasteiger partial charge is 0.313 e. The molecule has 188 valence electrons. The maximum atomic E-state index is 13.7. The topological polar surface area (TPSA) is 116 Å². The number of rotatable bonds is 3. The van der Waals surface area contributed by atoms with Crippen LogP contribution in [0.15, 0.2) is 12.7 Å². The van der Waals surface area contributed by atoms with E-state index in [1.807, 2.05) is 0 Å². The fourth-order valence-electron chi connectivity index (χ4n) is 6.50. The van der Waals surface area contributed by atoms with Gasteiger partial charge in [0.05, 0.1) is 23.0 Å². The van der Waals surface area contributed by atoms with Crippen molar-refractivity contribution in [3.8, 4) is 0 Å². The van der Waals surface area contributed by atoms with Gasteiger partial charge in [0, 0.05) is 36.5 Å². The standard InChI is InChI=1S/C26H36O8/c1-8-25-11-13(27)9-14(28)18(25)19-15-10-16(29)26(19,17(12-25)33-20(30)23(2,3)4)22(32-15)34-21(31)24(5,6)7/h8,14-15,17-19,22,28H,1,9-12H2,2-7H3/t14-,15-,17+,18+,19+,22+,25-,26-/m1/s1. The Morgan fingerprint density at radius 3 is 2.18 bits per heavy atom. The van der Waals surface area contributed by atoms with E-state index in [2.05, 4.69) is 6.58 Å². The summed E-state index contributed by atoms with van der Waals surface area (Å²) >= 11 is 0. The van der Waals surface area contributed by atoms with Crippen LogP contribution in [0, 0.1) is 33.5 Å². The minimum Gasteiger partial charge on any atom is -0.461 e. The number of fused-ring (bicyclic) bond motifs is 1. The number of Topliss-reactive ketones (excluding diaryl/α,β-unsaturated/α-hetero) is 2. The number of ketones is 2. The summed E-state index contributed by atoms with van der Waals surface area (Å²) < 4.78 is 18.0. The summed E-state index contributed by atoms with van der Waals surface area (Å²) in [6.45, 7) is 14.2. The summed E-state index contributed by atoms with van der Waals surface area (Å²) in [6, 6.07) is 0. The van der Waals surface area contributed by atoms with E-state index in [0.717, 1.165) is 0 Å². The van der Waals surface area contributed by atoms with Crippen LogP contribution in [-0.4, -0.2) is 53.2 Å². The molecule has 1 saturated heterocycles. The second-order valence-corrected chi connectivity index (χ2v) is 12.5. The van der Waals surface area contributed by atoms with E-state index in [1.165, 1.54) is 0 Å². The average molecular weight is 477 g/mol. The van der Waals surface area contributed by atoms with E-state index in [-0.39, 0.29) is 37.2 Å². The average Bonchev–Trinajstić information content (AvgIpc) is 3.15. The molecule has 0 aromatic carbocycles. The second-order valence-electron chi connectivity index (χ2n) is 12.5. The first-order chi connectivity index (χ1) is 15.6. The molecule has 2 bridgehead atoms. The number of hydrogen-bond donors (Lipinski definition) is 1. The summed E-state index contributed by atoms with van der Waals surface area (Å²) in [6.07, 6.45) is -1.87. The summed E-state index contributed by atoms with van der Waals surface area (Å²) in [5, 5.41) is 11.1. The normalized spacial score (nSPS) is 41.5. The van der Waals surface area contributed by atoms with Crippen molar-refractivity contribution in [2.24, 2.45) is 33.5 Å². The molecule has 1 N–H and O–H groups in total. The predicted molar refractivity (Wildman–Crippen MR) is 120 cm³/mol. The minimum atomic E-state index is -1.44. The van der Waals surface area contributed by atoms with E-state index in [0.29, 0.717) is 0 Å². The van der Waals surface area contributed by atoms with Gasteiger partial charge in [-0.1, -0.05) is 6.08 Å². The van der Waals surface area contributed by atoms with Gasteiger partial charge < -0.3 is 19.3 Å². The molecule has 0 unspecified atom stereocenters. The van der Waals surface area contributed by atoms with Gasteiger partial charge in [0.25, 0.3) is 0 Å². The highest BCUT2D eigenvalue weighted by Gasteiger charge is 2.79. The van der Waals surface area contributed by atoms with Crippen LogP contribution in [0.2, 0.25) is 0 Å². The quantitative estimate of drug-likeness (QED) is 0.488. The third kappa shape index (κ3) is 3.48. The van der Waals surface area contributed by atoms with Gasteiger partial charge in [0.2, 0.25) is 6.29 Å². The number of esters is 2. The second kappa shape index (κ2) is 7.72. The van der Waals surface area contributed by atoms with E-state index in [1.54, 1.807) is 47.6 Å². The maximum Gasteiger partial charge on any atom is 0.313 e. The van der Waals surface area contributed by atoms with Gasteiger partial charge in [-0.05, 0) is 48.0 Å². The van der Waals surface area contributed by atoms with Gasteiger partial charge in [-0.2, -0.15) is 0 Å². The highest BCUT2D eigenvalue weighted by atomic mass is 16.7. The van der Waals surface area contributed by atoms with Gasteiger partial charge in [-0.25, -0.2) is 0 Å². The lowest BCUT2D eigenvalue weighted by Crippen LogP contribution is -2.65. The van der Waals surface area contributed by atoms with Crippen molar-refractivity contribution in [3.05, 3.63) is 12.7 Å². The molecule has 34 heavy (non-hydrogen) atoms. The zero-order chi connectivity index (χ0) is 25.4. The van der Waals surface area contributed by atoms with Crippen LogP contribution in [0.5, 0.6) is 0 Å². The van der Waals surface area contributed by atoms with E-state index < -0.39 is 70.0 Å². The Bertz CT molecular complexity index is 939. The highest BCUT2D eigenvalue weighted by Crippen LogP contribution is 2.69. The number of carbonyl (C=O) groups excluding carboxylic acids is 4. The van der Waals surface area contributed by atoms with E-state index >= 15 is 0 Å². The molecule has 0 aromatic rings. The van der Waals surface area contributed by atoms with Gasteiger partial charge in [-0.15, -0.1) is 6.58 Å². The number of ether oxygens (including phenoxy) is 3. The first-order valence-corrected chi connectivity index (χ1v) is 12.0. The van der Waals surface area contributed by atoms with Crippen LogP contribution in [0.3, 0.4) is 0 Å². The molecular formula is C26H36O8. The molecule has 0 radical (unpaired) electrons. The Hall–Kier alpha value is -2.06. The third-order valence-corrected chi connectivity index (χ3v) is 8.13. The summed E-state index contributed by atoms with van der Waals surface area (Å²) in [7, 11) is 0. The minimum absolute atomic E-state index is 0.0212. The van der Waals surface area contributed by atoms with Crippen molar-refractivity contribution in [3.63, 3.8) is 0 Å². The molecule has 1 aliphatic heterocycles. The molecule has 8 atom stereocenters. The van der Waals surface area contributed by atoms with Crippen LogP contribution < -0.4 is 0 Å². The maximum absolute atomic E-state index is 13.7. The molecule has 4 fully saturated rings. The van der Waals surface area contributed by atoms with Crippen LogP contribution in [0.25, 0.3) is 0 Å². The molecule has 8 heteroatoms. The molecule has 0 amide bonds. The highest BCUT2D eigenvalue weighted by molar-refractivity contribution is 5.92. The zero-order valence-electron chi connectivity index (χ0n) is 20.9. The lowest BCUT2D eigenvalue weighted by atomic mass is 9.47. The van der Waals surface area contributed by atoms with Crippen LogP contribution in [0.1, 0.15) is 67.2 Å². The number of aliphatic hydroxyl groups excluding tert-OH is 1. The van der Waals surface area contributed by atoms with Crippen molar-refractivity contribution in [2.75, 3.05) is 0 Å². The predicted octanol–water partition coefficient (Wildman–Crippen LogP) is 2.75. The summed E-state index contributed by atoms with van der Waals surface area (Å²) in [5.41, 5.74) is -3.98. The monoisotopic (exact) mass is 476 g/mol. The van der Waals surface area contributed by atoms with E-state index in [4.69, 9.17) is 14.2 Å². The number of allylic oxidation sites excluding steroid dienone is 1. The van der Waals surface area contributed by atoms with Gasteiger partial charge in [0.1, 0.15) is 17.3 Å². The van der Waals surface area contributed by atoms with Crippen molar-refractivity contribution in [1.29, 1.82) is 0 Å². The molecule has 3 saturated carbocycles. The molecule has 4 aliphatic rings. The summed E-state index contributed by atoms with van der Waals surface area (Å²) in [5.74, 6) is -2.43. The van der Waals surface area contributed by atoms with Crippen LogP contribution in [-0.2, 0) is 33.4 Å². The van der Waals surface area contributed by atoms with Crippen molar-refractivity contribution in [1.82, 2.24) is 0 Å². The molecule has 0 spiro atoms. The number of carbonyl (C=O) groups is 4. The Morgan fingerprint density at radius 2 is 1.62 bits per heavy atom. The van der Waals surface area contributed by atoms with Crippen molar-refractivity contribution in [2.45, 2.75) is 91.8 Å². The molecule has 8 nitrogen and oxygen atoms in total. The molecule has 1 heterocycles. The molecular weight excluding hydrogens is 440 g/mol. The first kappa shape index (κ1) is 25.0. The lowest BCUT2D eigenvalue weighted by Gasteiger charge is -2.57. The van der Waals surface area contributed by atoms with Crippen molar-refractivity contribution < 1.29 is 38.5 Å². The Labute approximate surface area is 200 Å². The first-order valence-electron chi connectivity index (χ1n) is 12.0.